The van der Waals surface area contributed by atoms with E-state index in [1.54, 1.807) is 0 Å². The van der Waals surface area contributed by atoms with Gasteiger partial charge in [-0.1, -0.05) is 19.3 Å². The molecule has 1 aromatic heterocycles. The largest absolute Gasteiger partial charge is 0.480 e. The molecule has 0 aromatic carbocycles. The number of carboxylic acid groups (broad SMARTS) is 1. The molecule has 0 unspecified atom stereocenters. The molecule has 2 rings (SSSR count). The van der Waals surface area contributed by atoms with E-state index in [1.807, 2.05) is 0 Å². The molecule has 1 heterocycles. The first kappa shape index (κ1) is 15.7. The third kappa shape index (κ3) is 3.34. The van der Waals surface area contributed by atoms with E-state index < -0.39 is 34.3 Å². The lowest BCUT2D eigenvalue weighted by atomic mass is 9.81. The first-order chi connectivity index (χ1) is 9.74. The first-order valence-corrected chi connectivity index (χ1v) is 7.21. The third-order valence-corrected chi connectivity index (χ3v) is 4.34. The van der Waals surface area contributed by atoms with Crippen molar-refractivity contribution in [2.75, 3.05) is 0 Å². The molecule has 0 bridgehead atoms. The molecule has 1 amide bonds. The second-order valence-corrected chi connectivity index (χ2v) is 5.80. The number of hydrogen-bond donors (Lipinski definition) is 2. The van der Waals surface area contributed by atoms with Gasteiger partial charge in [-0.05, 0) is 12.8 Å². The molecule has 0 saturated heterocycles. The van der Waals surface area contributed by atoms with Crippen LogP contribution in [0.15, 0.2) is 5.38 Å². The van der Waals surface area contributed by atoms with Crippen LogP contribution < -0.4 is 5.32 Å². The van der Waals surface area contributed by atoms with E-state index in [1.165, 1.54) is 0 Å². The molecule has 1 aliphatic rings. The van der Waals surface area contributed by atoms with Crippen molar-refractivity contribution in [3.05, 3.63) is 16.1 Å². The summed E-state index contributed by atoms with van der Waals surface area (Å²) < 4.78 is 37.3. The Hall–Kier alpha value is -1.64. The molecule has 21 heavy (non-hydrogen) atoms. The van der Waals surface area contributed by atoms with Crippen molar-refractivity contribution >= 4 is 23.2 Å². The maximum Gasteiger partial charge on any atom is 0.443 e. The number of amides is 1. The van der Waals surface area contributed by atoms with Gasteiger partial charge >= 0.3 is 12.1 Å². The van der Waals surface area contributed by atoms with Gasteiger partial charge in [0.25, 0.3) is 5.91 Å². The van der Waals surface area contributed by atoms with Gasteiger partial charge in [0.1, 0.15) is 11.2 Å². The van der Waals surface area contributed by atoms with Crippen molar-refractivity contribution < 1.29 is 27.9 Å². The van der Waals surface area contributed by atoms with Crippen LogP contribution in [0.5, 0.6) is 0 Å². The van der Waals surface area contributed by atoms with Crippen LogP contribution in [0, 0.1) is 0 Å². The number of carbonyl (C=O) groups is 2. The highest BCUT2D eigenvalue weighted by molar-refractivity contribution is 7.09. The van der Waals surface area contributed by atoms with Crippen LogP contribution in [0.3, 0.4) is 0 Å². The average Bonchev–Trinajstić information content (AvgIpc) is 2.89. The van der Waals surface area contributed by atoms with Gasteiger partial charge in [0.2, 0.25) is 0 Å². The van der Waals surface area contributed by atoms with E-state index in [9.17, 15) is 27.9 Å². The standard InChI is InChI=1S/C12H13F3N2O3S/c13-12(14,15)9-16-7(6-21-9)8(18)17-11(10(19)20)4-2-1-3-5-11/h6H,1-5H2,(H,17,18)(H,19,20). The van der Waals surface area contributed by atoms with Gasteiger partial charge in [-0.25, -0.2) is 9.78 Å². The highest BCUT2D eigenvalue weighted by atomic mass is 32.1. The fraction of sp³-hybridized carbons (Fsp3) is 0.583. The molecule has 0 spiro atoms. The minimum atomic E-state index is -4.61. The molecular weight excluding hydrogens is 309 g/mol. The second kappa shape index (κ2) is 5.63. The molecule has 2 N–H and O–H groups in total. The van der Waals surface area contributed by atoms with Gasteiger partial charge in [0.15, 0.2) is 5.01 Å². The Morgan fingerprint density at radius 1 is 1.29 bits per heavy atom. The van der Waals surface area contributed by atoms with Gasteiger partial charge in [-0.15, -0.1) is 11.3 Å². The van der Waals surface area contributed by atoms with Gasteiger partial charge in [0, 0.05) is 5.38 Å². The second-order valence-electron chi connectivity index (χ2n) is 4.94. The van der Waals surface area contributed by atoms with E-state index in [0.717, 1.165) is 11.8 Å². The number of nitrogens with zero attached hydrogens (tertiary/aromatic N) is 1. The van der Waals surface area contributed by atoms with Crippen molar-refractivity contribution in [1.82, 2.24) is 10.3 Å². The number of aromatic nitrogens is 1. The van der Waals surface area contributed by atoms with E-state index in [2.05, 4.69) is 10.3 Å². The SMILES string of the molecule is O=C(NC1(C(=O)O)CCCCC1)c1csc(C(F)(F)F)n1. The number of alkyl halides is 3. The molecule has 1 fully saturated rings. The molecule has 0 atom stereocenters. The zero-order chi connectivity index (χ0) is 15.7. The van der Waals surface area contributed by atoms with Crippen LogP contribution in [0.2, 0.25) is 0 Å². The van der Waals surface area contributed by atoms with Crippen LogP contribution in [-0.2, 0) is 11.0 Å². The Kier molecular flexibility index (Phi) is 4.22. The number of hydrogen-bond acceptors (Lipinski definition) is 4. The minimum Gasteiger partial charge on any atom is -0.480 e. The van der Waals surface area contributed by atoms with Gasteiger partial charge in [0.05, 0.1) is 0 Å². The van der Waals surface area contributed by atoms with E-state index in [4.69, 9.17) is 0 Å². The lowest BCUT2D eigenvalue weighted by molar-refractivity contribution is -0.146. The predicted molar refractivity (Wildman–Crippen MR) is 68.0 cm³/mol. The maximum absolute atomic E-state index is 12.4. The molecule has 0 aliphatic heterocycles. The molecule has 1 saturated carbocycles. The lowest BCUT2D eigenvalue weighted by Gasteiger charge is -2.33. The number of thiazole rings is 1. The molecule has 9 heteroatoms. The predicted octanol–water partition coefficient (Wildman–Crippen LogP) is 2.68. The number of carbonyl (C=O) groups excluding carboxylic acids is 1. The summed E-state index contributed by atoms with van der Waals surface area (Å²) in [6.45, 7) is 0. The summed E-state index contributed by atoms with van der Waals surface area (Å²) in [6, 6.07) is 0. The Balaban J connectivity index is 2.16. The molecule has 0 radical (unpaired) electrons. The lowest BCUT2D eigenvalue weighted by Crippen LogP contribution is -2.55. The highest BCUT2D eigenvalue weighted by Crippen LogP contribution is 2.32. The van der Waals surface area contributed by atoms with Crippen LogP contribution in [0.25, 0.3) is 0 Å². The summed E-state index contributed by atoms with van der Waals surface area (Å²) >= 11 is 0.310. The van der Waals surface area contributed by atoms with Crippen molar-refractivity contribution in [1.29, 1.82) is 0 Å². The van der Waals surface area contributed by atoms with Gasteiger partial charge in [-0.2, -0.15) is 13.2 Å². The van der Waals surface area contributed by atoms with Crippen molar-refractivity contribution in [3.8, 4) is 0 Å². The Morgan fingerprint density at radius 3 is 2.38 bits per heavy atom. The zero-order valence-electron chi connectivity index (χ0n) is 10.9. The molecular formula is C12H13F3N2O3S. The maximum atomic E-state index is 12.4. The topological polar surface area (TPSA) is 79.3 Å². The molecule has 5 nitrogen and oxygen atoms in total. The number of rotatable bonds is 3. The first-order valence-electron chi connectivity index (χ1n) is 6.33. The minimum absolute atomic E-state index is 0.268. The van der Waals surface area contributed by atoms with E-state index >= 15 is 0 Å². The Bertz CT molecular complexity index is 550. The zero-order valence-corrected chi connectivity index (χ0v) is 11.7. The number of halogens is 3. The van der Waals surface area contributed by atoms with Gasteiger partial charge in [-0.3, -0.25) is 4.79 Å². The fourth-order valence-corrected chi connectivity index (χ4v) is 3.00. The Labute approximate surface area is 122 Å². The summed E-state index contributed by atoms with van der Waals surface area (Å²) in [4.78, 5) is 26.6. The number of carboxylic acids is 1. The van der Waals surface area contributed by atoms with E-state index in [-0.39, 0.29) is 12.8 Å². The fourth-order valence-electron chi connectivity index (χ4n) is 2.34. The number of nitrogens with one attached hydrogen (secondary N) is 1. The highest BCUT2D eigenvalue weighted by Gasteiger charge is 2.42. The smallest absolute Gasteiger partial charge is 0.443 e. The summed E-state index contributed by atoms with van der Waals surface area (Å²) in [5.74, 6) is -2.05. The molecule has 116 valence electrons. The van der Waals surface area contributed by atoms with Crippen molar-refractivity contribution in [3.63, 3.8) is 0 Å². The number of aliphatic carboxylic acids is 1. The summed E-state index contributed by atoms with van der Waals surface area (Å²) in [5, 5.41) is 11.5. The summed E-state index contributed by atoms with van der Waals surface area (Å²) in [7, 11) is 0. The van der Waals surface area contributed by atoms with Crippen LogP contribution in [0.1, 0.15) is 47.6 Å². The van der Waals surface area contributed by atoms with Crippen molar-refractivity contribution in [2.45, 2.75) is 43.8 Å². The van der Waals surface area contributed by atoms with Crippen molar-refractivity contribution in [2.24, 2.45) is 0 Å². The Morgan fingerprint density at radius 2 is 1.90 bits per heavy atom. The quantitative estimate of drug-likeness (QED) is 0.897. The van der Waals surface area contributed by atoms with Crippen LogP contribution in [0.4, 0.5) is 13.2 Å². The normalized spacial score (nSPS) is 18.2. The van der Waals surface area contributed by atoms with Crippen LogP contribution >= 0.6 is 11.3 Å². The van der Waals surface area contributed by atoms with E-state index in [0.29, 0.717) is 24.2 Å². The third-order valence-electron chi connectivity index (χ3n) is 3.45. The van der Waals surface area contributed by atoms with Crippen LogP contribution in [-0.4, -0.2) is 27.5 Å². The monoisotopic (exact) mass is 322 g/mol. The summed E-state index contributed by atoms with van der Waals surface area (Å²) in [6.07, 6.45) is -1.90. The molecule has 1 aliphatic carbocycles. The van der Waals surface area contributed by atoms with Gasteiger partial charge < -0.3 is 10.4 Å². The summed E-state index contributed by atoms with van der Waals surface area (Å²) in [5.41, 5.74) is -1.81. The molecule has 1 aromatic rings. The average molecular weight is 322 g/mol.